The average Bonchev–Trinajstić information content (AvgIpc) is 3.76. The molecule has 2 aliphatic carbocycles. The lowest BCUT2D eigenvalue weighted by Crippen LogP contribution is -2.58. The Kier molecular flexibility index (Phi) is 12.3. The normalized spacial score (nSPS) is 20.4. The molecule has 2 saturated carbocycles. The molecule has 16 nitrogen and oxygen atoms in total. The molecule has 2 aliphatic heterocycles. The monoisotopic (exact) mass is 905 g/mol. The first kappa shape index (κ1) is 44.5. The quantitative estimate of drug-likeness (QED) is 0.0750. The number of sulfonamides is 1. The molecule has 1 aromatic carbocycles. The topological polar surface area (TPSA) is 198 Å². The Morgan fingerprint density at radius 2 is 1.77 bits per heavy atom. The number of nitrogens with one attached hydrogen (secondary N) is 3. The number of fused-ring (bicyclic) bond motifs is 1. The highest BCUT2D eigenvalue weighted by atomic mass is 32.2. The van der Waals surface area contributed by atoms with Gasteiger partial charge in [0.1, 0.15) is 33.4 Å². The Bertz CT molecular complexity index is 2660. The zero-order valence-corrected chi connectivity index (χ0v) is 38.4. The number of morpholine rings is 1. The number of nitro groups is 1. The Labute approximate surface area is 380 Å². The average molecular weight is 906 g/mol. The number of ether oxygens (including phenoxy) is 2. The van der Waals surface area contributed by atoms with E-state index < -0.39 is 31.4 Å². The highest BCUT2D eigenvalue weighted by molar-refractivity contribution is 7.90. The van der Waals surface area contributed by atoms with Crippen molar-refractivity contribution in [2.24, 2.45) is 16.7 Å². The minimum Gasteiger partial charge on any atom is -0.455 e. The van der Waals surface area contributed by atoms with E-state index in [0.29, 0.717) is 48.2 Å². The summed E-state index contributed by atoms with van der Waals surface area (Å²) in [7, 11) is -4.63. The summed E-state index contributed by atoms with van der Waals surface area (Å²) in [6.07, 6.45) is 13.9. The van der Waals surface area contributed by atoms with Gasteiger partial charge >= 0.3 is 5.69 Å². The molecule has 1 atom stereocenters. The molecule has 9 rings (SSSR count). The van der Waals surface area contributed by atoms with Crippen LogP contribution in [0.5, 0.6) is 11.5 Å². The third-order valence-corrected chi connectivity index (χ3v) is 15.7. The van der Waals surface area contributed by atoms with E-state index in [2.05, 4.69) is 91.7 Å². The van der Waals surface area contributed by atoms with Gasteiger partial charge in [0, 0.05) is 62.1 Å². The summed E-state index contributed by atoms with van der Waals surface area (Å²) in [5, 5.41) is 16.0. The van der Waals surface area contributed by atoms with Crippen molar-refractivity contribution >= 4 is 44.3 Å². The van der Waals surface area contributed by atoms with Crippen LogP contribution in [0.1, 0.15) is 113 Å². The van der Waals surface area contributed by atoms with E-state index in [1.165, 1.54) is 23.5 Å². The van der Waals surface area contributed by atoms with Crippen LogP contribution in [-0.2, 0) is 14.8 Å². The smallest absolute Gasteiger partial charge is 0.312 e. The fourth-order valence-electron chi connectivity index (χ4n) is 10.4. The van der Waals surface area contributed by atoms with Gasteiger partial charge in [-0.25, -0.2) is 28.1 Å². The molecule has 6 heterocycles. The zero-order chi connectivity index (χ0) is 45.5. The minimum atomic E-state index is -4.63. The van der Waals surface area contributed by atoms with Crippen molar-refractivity contribution in [1.82, 2.24) is 29.6 Å². The predicted octanol–water partition coefficient (Wildman–Crippen LogP) is 8.75. The lowest BCUT2D eigenvalue weighted by Gasteiger charge is -2.57. The van der Waals surface area contributed by atoms with Crippen LogP contribution in [0.2, 0.25) is 0 Å². The number of aromatic amines is 1. The van der Waals surface area contributed by atoms with E-state index in [4.69, 9.17) is 9.47 Å². The van der Waals surface area contributed by atoms with E-state index in [-0.39, 0.29) is 34.0 Å². The van der Waals surface area contributed by atoms with Crippen LogP contribution in [0.4, 0.5) is 17.3 Å². The zero-order valence-electron chi connectivity index (χ0n) is 37.6. The van der Waals surface area contributed by atoms with E-state index in [0.717, 1.165) is 95.3 Å². The van der Waals surface area contributed by atoms with Crippen molar-refractivity contribution in [2.75, 3.05) is 49.6 Å². The maximum absolute atomic E-state index is 13.9. The van der Waals surface area contributed by atoms with Gasteiger partial charge in [-0.1, -0.05) is 52.0 Å². The summed E-state index contributed by atoms with van der Waals surface area (Å²) in [5.74, 6) is 0.720. The molecular formula is C48H59N9O7S. The summed E-state index contributed by atoms with van der Waals surface area (Å²) in [5.41, 5.74) is 3.27. The van der Waals surface area contributed by atoms with Gasteiger partial charge in [-0.15, -0.1) is 0 Å². The molecule has 0 bridgehead atoms. The fourth-order valence-corrected chi connectivity index (χ4v) is 11.3. The minimum absolute atomic E-state index is 0.0247. The van der Waals surface area contributed by atoms with Gasteiger partial charge in [0.2, 0.25) is 5.82 Å². The number of nitrogens with zero attached hydrogens (tertiary/aromatic N) is 6. The summed E-state index contributed by atoms with van der Waals surface area (Å²) in [6, 6.07) is 15.7. The standard InChI is InChI=1S/C48H59N9O7S/c1-31(2)37-7-5-6-8-38(37)41-30-63-20-19-56(41)34-24-48(25-34)14-17-55(18-15-48)43-23-42(64-35-21-33-11-16-49-44(33)52-27-35)39(29-50-43)46(58)54-65(61,62)36-22-40(57(59)60)45(53-28-36)51-26-32-9-12-47(3,4)13-10-32/h5-8,11,16,21-23,27-29,31-32,34,41H,9-10,12-15,17-20,24-26,30H2,1-4H3,(H,49,52)(H,51,53)(H,54,58)/t41-/m0/s1. The Hall–Kier alpha value is -5.65. The molecule has 5 aromatic rings. The first-order valence-electron chi connectivity index (χ1n) is 22.9. The molecule has 1 amide bonds. The van der Waals surface area contributed by atoms with Gasteiger partial charge < -0.3 is 24.7 Å². The Balaban J connectivity index is 0.898. The molecule has 65 heavy (non-hydrogen) atoms. The van der Waals surface area contributed by atoms with Gasteiger partial charge in [0.15, 0.2) is 0 Å². The van der Waals surface area contributed by atoms with Crippen LogP contribution >= 0.6 is 0 Å². The molecule has 4 aromatic heterocycles. The molecule has 0 unspecified atom stereocenters. The van der Waals surface area contributed by atoms with Crippen molar-refractivity contribution in [3.63, 3.8) is 0 Å². The molecule has 4 aliphatic rings. The maximum atomic E-state index is 13.9. The number of hydrogen-bond acceptors (Lipinski definition) is 13. The first-order valence-corrected chi connectivity index (χ1v) is 24.4. The molecule has 0 radical (unpaired) electrons. The number of carbonyl (C=O) groups is 1. The second-order valence-electron chi connectivity index (χ2n) is 19.6. The highest BCUT2D eigenvalue weighted by Crippen LogP contribution is 2.53. The third kappa shape index (κ3) is 9.54. The second-order valence-corrected chi connectivity index (χ2v) is 21.3. The number of H-pyrrole nitrogens is 1. The van der Waals surface area contributed by atoms with Crippen LogP contribution in [0.25, 0.3) is 11.0 Å². The SMILES string of the molecule is CC(C)c1ccccc1[C@@H]1COCCN1C1CC2(CCN(c3cc(Oc4cnc5[nH]ccc5c4)c(C(=O)NS(=O)(=O)c4cnc(NCC5CCC(C)(C)CC5)c([N+](=O)[O-])c4)cn3)CC2)C1. The molecule has 2 saturated heterocycles. The van der Waals surface area contributed by atoms with Crippen molar-refractivity contribution in [1.29, 1.82) is 0 Å². The highest BCUT2D eigenvalue weighted by Gasteiger charge is 2.50. The number of pyridine rings is 3. The van der Waals surface area contributed by atoms with Crippen LogP contribution in [0, 0.1) is 26.9 Å². The number of piperidine rings is 1. The van der Waals surface area contributed by atoms with Crippen LogP contribution in [0.3, 0.4) is 0 Å². The molecule has 17 heteroatoms. The summed E-state index contributed by atoms with van der Waals surface area (Å²) < 4.78 is 41.9. The van der Waals surface area contributed by atoms with Crippen LogP contribution < -0.4 is 19.7 Å². The van der Waals surface area contributed by atoms with Gasteiger partial charge in [-0.3, -0.25) is 19.8 Å². The van der Waals surface area contributed by atoms with E-state index in [9.17, 15) is 23.3 Å². The van der Waals surface area contributed by atoms with Crippen molar-refractivity contribution in [3.8, 4) is 11.5 Å². The molecule has 1 spiro atoms. The Morgan fingerprint density at radius 1 is 1.00 bits per heavy atom. The number of anilines is 2. The van der Waals surface area contributed by atoms with Gasteiger partial charge in [-0.05, 0) is 97.3 Å². The molecule has 3 N–H and O–H groups in total. The lowest BCUT2D eigenvalue weighted by molar-refractivity contribution is -0.384. The summed E-state index contributed by atoms with van der Waals surface area (Å²) >= 11 is 0. The second kappa shape index (κ2) is 18.0. The van der Waals surface area contributed by atoms with Gasteiger partial charge in [0.25, 0.3) is 15.9 Å². The molecular weight excluding hydrogens is 847 g/mol. The fraction of sp³-hybridized carbons (Fsp3) is 0.500. The lowest BCUT2D eigenvalue weighted by atomic mass is 9.59. The van der Waals surface area contributed by atoms with E-state index in [1.807, 2.05) is 6.07 Å². The first-order chi connectivity index (χ1) is 31.2. The summed E-state index contributed by atoms with van der Waals surface area (Å²) in [6.45, 7) is 13.3. The molecule has 344 valence electrons. The predicted molar refractivity (Wildman–Crippen MR) is 248 cm³/mol. The number of hydrogen-bond donors (Lipinski definition) is 3. The third-order valence-electron chi connectivity index (χ3n) is 14.4. The number of amides is 1. The van der Waals surface area contributed by atoms with Crippen molar-refractivity contribution in [3.05, 3.63) is 100 Å². The van der Waals surface area contributed by atoms with E-state index >= 15 is 0 Å². The largest absolute Gasteiger partial charge is 0.455 e. The number of aromatic nitrogens is 4. The maximum Gasteiger partial charge on any atom is 0.312 e. The molecule has 4 fully saturated rings. The number of rotatable bonds is 13. The van der Waals surface area contributed by atoms with Crippen molar-refractivity contribution < 1.29 is 27.6 Å². The summed E-state index contributed by atoms with van der Waals surface area (Å²) in [4.78, 5) is 46.1. The van der Waals surface area contributed by atoms with Crippen LogP contribution in [-0.4, -0.2) is 89.5 Å². The Morgan fingerprint density at radius 3 is 2.52 bits per heavy atom. The van der Waals surface area contributed by atoms with Gasteiger partial charge in [0.05, 0.1) is 36.6 Å². The van der Waals surface area contributed by atoms with Crippen LogP contribution in [0.15, 0.2) is 78.2 Å². The number of carbonyl (C=O) groups excluding carboxylic acids is 1. The van der Waals surface area contributed by atoms with Crippen molar-refractivity contribution in [2.45, 2.75) is 102 Å². The van der Waals surface area contributed by atoms with E-state index in [1.54, 1.807) is 18.3 Å². The number of benzene rings is 1. The van der Waals surface area contributed by atoms with Gasteiger partial charge in [-0.2, -0.15) is 0 Å².